The number of rotatable bonds is 3. The van der Waals surface area contributed by atoms with Gasteiger partial charge in [-0.25, -0.2) is 4.98 Å². The number of H-pyrrole nitrogens is 1. The fraction of sp³-hybridized carbons (Fsp3) is 0.714. The first-order valence-electron chi connectivity index (χ1n) is 7.08. The van der Waals surface area contributed by atoms with Crippen LogP contribution < -0.4 is 10.9 Å². The van der Waals surface area contributed by atoms with E-state index >= 15 is 0 Å². The van der Waals surface area contributed by atoms with Crippen molar-refractivity contribution in [3.8, 4) is 0 Å². The average Bonchev–Trinajstić information content (AvgIpc) is 3.15. The van der Waals surface area contributed by atoms with E-state index in [-0.39, 0.29) is 5.56 Å². The molecule has 0 saturated heterocycles. The molecule has 2 N–H and O–H groups in total. The van der Waals surface area contributed by atoms with Crippen LogP contribution in [0.15, 0.2) is 10.9 Å². The van der Waals surface area contributed by atoms with Gasteiger partial charge in [0.05, 0.1) is 0 Å². The quantitative estimate of drug-likeness (QED) is 0.863. The number of hydrogen-bond donors (Lipinski definition) is 2. The Morgan fingerprint density at radius 2 is 1.94 bits per heavy atom. The molecule has 0 unspecified atom stereocenters. The molecule has 1 aromatic rings. The normalized spacial score (nSPS) is 28.1. The first-order chi connectivity index (χ1) is 8.70. The molecule has 0 amide bonds. The van der Waals surface area contributed by atoms with Crippen LogP contribution >= 0.6 is 0 Å². The van der Waals surface area contributed by atoms with Crippen LogP contribution in [-0.4, -0.2) is 16.0 Å². The third-order valence-electron chi connectivity index (χ3n) is 4.09. The van der Waals surface area contributed by atoms with Gasteiger partial charge in [0.1, 0.15) is 11.6 Å². The lowest BCUT2D eigenvalue weighted by Crippen LogP contribution is -2.26. The largest absolute Gasteiger partial charge is 0.367 e. The Hall–Kier alpha value is -1.32. The average molecular weight is 247 g/mol. The molecule has 0 aromatic carbocycles. The summed E-state index contributed by atoms with van der Waals surface area (Å²) in [6.07, 6.45) is 7.25. The highest BCUT2D eigenvalue weighted by atomic mass is 16.1. The molecule has 3 rings (SSSR count). The minimum Gasteiger partial charge on any atom is -0.367 e. The number of hydrogen-bond acceptors (Lipinski definition) is 3. The fourth-order valence-corrected chi connectivity index (χ4v) is 2.71. The van der Waals surface area contributed by atoms with Crippen molar-refractivity contribution >= 4 is 5.82 Å². The van der Waals surface area contributed by atoms with E-state index in [1.54, 1.807) is 6.07 Å². The Morgan fingerprint density at radius 3 is 2.61 bits per heavy atom. The van der Waals surface area contributed by atoms with Gasteiger partial charge in [-0.1, -0.05) is 6.92 Å². The summed E-state index contributed by atoms with van der Waals surface area (Å²) in [6.45, 7) is 2.31. The van der Waals surface area contributed by atoms with Crippen LogP contribution in [0.25, 0.3) is 0 Å². The predicted octanol–water partition coefficient (Wildman–Crippen LogP) is 2.64. The van der Waals surface area contributed by atoms with Gasteiger partial charge in [0.2, 0.25) is 0 Å². The van der Waals surface area contributed by atoms with Crippen LogP contribution in [0.2, 0.25) is 0 Å². The summed E-state index contributed by atoms with van der Waals surface area (Å²) in [5.41, 5.74) is -0.0291. The zero-order valence-corrected chi connectivity index (χ0v) is 10.9. The fourth-order valence-electron chi connectivity index (χ4n) is 2.71. The van der Waals surface area contributed by atoms with Crippen molar-refractivity contribution in [1.29, 1.82) is 0 Å². The molecule has 0 aliphatic heterocycles. The van der Waals surface area contributed by atoms with E-state index in [2.05, 4.69) is 22.2 Å². The second-order valence-electron chi connectivity index (χ2n) is 5.89. The maximum absolute atomic E-state index is 11.6. The van der Waals surface area contributed by atoms with Crippen molar-refractivity contribution in [1.82, 2.24) is 9.97 Å². The highest BCUT2D eigenvalue weighted by Gasteiger charge is 2.27. The summed E-state index contributed by atoms with van der Waals surface area (Å²) < 4.78 is 0. The number of anilines is 1. The molecule has 1 heterocycles. The Morgan fingerprint density at radius 1 is 1.22 bits per heavy atom. The molecule has 2 aliphatic rings. The molecule has 4 nitrogen and oxygen atoms in total. The van der Waals surface area contributed by atoms with E-state index in [1.165, 1.54) is 25.7 Å². The van der Waals surface area contributed by atoms with E-state index in [9.17, 15) is 4.79 Å². The molecule has 0 bridgehead atoms. The number of nitrogens with one attached hydrogen (secondary N) is 2. The van der Waals surface area contributed by atoms with Gasteiger partial charge in [-0.2, -0.15) is 0 Å². The van der Waals surface area contributed by atoms with Crippen LogP contribution in [0.3, 0.4) is 0 Å². The number of nitrogens with zero attached hydrogens (tertiary/aromatic N) is 1. The van der Waals surface area contributed by atoms with Crippen LogP contribution in [0, 0.1) is 5.92 Å². The maximum Gasteiger partial charge on any atom is 0.252 e. The van der Waals surface area contributed by atoms with Crippen molar-refractivity contribution in [3.05, 3.63) is 22.2 Å². The van der Waals surface area contributed by atoms with E-state index in [0.29, 0.717) is 12.0 Å². The Labute approximate surface area is 107 Å². The molecule has 0 atom stereocenters. The van der Waals surface area contributed by atoms with Crippen LogP contribution in [0.5, 0.6) is 0 Å². The minimum absolute atomic E-state index is 0.0291. The Balaban J connectivity index is 1.70. The molecule has 98 valence electrons. The SMILES string of the molecule is CC1CCC(Nc2cc(=O)[nH]c(C3CC3)n2)CC1. The van der Waals surface area contributed by atoms with E-state index in [0.717, 1.165) is 30.4 Å². The van der Waals surface area contributed by atoms with Crippen molar-refractivity contribution in [2.45, 2.75) is 57.4 Å². The number of aromatic amines is 1. The van der Waals surface area contributed by atoms with Gasteiger partial charge in [-0.05, 0) is 44.4 Å². The highest BCUT2D eigenvalue weighted by Crippen LogP contribution is 2.37. The van der Waals surface area contributed by atoms with Gasteiger partial charge in [-0.3, -0.25) is 4.79 Å². The lowest BCUT2D eigenvalue weighted by molar-refractivity contribution is 0.360. The summed E-state index contributed by atoms with van der Waals surface area (Å²) in [5, 5.41) is 3.43. The molecule has 18 heavy (non-hydrogen) atoms. The molecule has 2 fully saturated rings. The summed E-state index contributed by atoms with van der Waals surface area (Å²) in [7, 11) is 0. The zero-order valence-electron chi connectivity index (χ0n) is 10.9. The lowest BCUT2D eigenvalue weighted by atomic mass is 9.87. The molecule has 0 spiro atoms. The van der Waals surface area contributed by atoms with Crippen LogP contribution in [0.4, 0.5) is 5.82 Å². The summed E-state index contributed by atoms with van der Waals surface area (Å²) in [5.74, 6) is 2.97. The topological polar surface area (TPSA) is 57.8 Å². The van der Waals surface area contributed by atoms with Crippen molar-refractivity contribution < 1.29 is 0 Å². The first kappa shape index (κ1) is 11.8. The van der Waals surface area contributed by atoms with Gasteiger partial charge in [0.25, 0.3) is 5.56 Å². The molecule has 2 saturated carbocycles. The van der Waals surface area contributed by atoms with E-state index < -0.39 is 0 Å². The maximum atomic E-state index is 11.6. The molecule has 4 heteroatoms. The molecule has 1 aromatic heterocycles. The van der Waals surface area contributed by atoms with Crippen LogP contribution in [0.1, 0.15) is 57.2 Å². The minimum atomic E-state index is -0.0291. The van der Waals surface area contributed by atoms with Gasteiger partial charge in [0, 0.05) is 18.0 Å². The third kappa shape index (κ3) is 2.74. The molecular formula is C14H21N3O. The summed E-state index contributed by atoms with van der Waals surface area (Å²) in [6, 6.07) is 2.08. The van der Waals surface area contributed by atoms with Crippen LogP contribution in [-0.2, 0) is 0 Å². The summed E-state index contributed by atoms with van der Waals surface area (Å²) in [4.78, 5) is 19.0. The van der Waals surface area contributed by atoms with Gasteiger partial charge >= 0.3 is 0 Å². The Bertz CT molecular complexity index is 470. The predicted molar refractivity (Wildman–Crippen MR) is 71.9 cm³/mol. The van der Waals surface area contributed by atoms with Gasteiger partial charge < -0.3 is 10.3 Å². The lowest BCUT2D eigenvalue weighted by Gasteiger charge is -2.27. The van der Waals surface area contributed by atoms with Crippen molar-refractivity contribution in [2.75, 3.05) is 5.32 Å². The van der Waals surface area contributed by atoms with E-state index in [1.807, 2.05) is 0 Å². The smallest absolute Gasteiger partial charge is 0.252 e. The van der Waals surface area contributed by atoms with Gasteiger partial charge in [0.15, 0.2) is 0 Å². The highest BCUT2D eigenvalue weighted by molar-refractivity contribution is 5.35. The molecular weight excluding hydrogens is 226 g/mol. The number of aromatic nitrogens is 2. The van der Waals surface area contributed by atoms with E-state index in [4.69, 9.17) is 0 Å². The third-order valence-corrected chi connectivity index (χ3v) is 4.09. The standard InChI is InChI=1S/C14H21N3O/c1-9-2-6-11(7-3-9)15-12-8-13(18)17-14(16-12)10-4-5-10/h8-11H,2-7H2,1H3,(H2,15,16,17,18). The Kier molecular flexibility index (Phi) is 3.10. The van der Waals surface area contributed by atoms with Gasteiger partial charge in [-0.15, -0.1) is 0 Å². The second kappa shape index (κ2) is 4.75. The van der Waals surface area contributed by atoms with Crippen molar-refractivity contribution in [3.63, 3.8) is 0 Å². The monoisotopic (exact) mass is 247 g/mol. The second-order valence-corrected chi connectivity index (χ2v) is 5.89. The van der Waals surface area contributed by atoms with Crippen molar-refractivity contribution in [2.24, 2.45) is 5.92 Å². The summed E-state index contributed by atoms with van der Waals surface area (Å²) >= 11 is 0. The first-order valence-corrected chi connectivity index (χ1v) is 7.08. The zero-order chi connectivity index (χ0) is 12.5. The molecule has 0 radical (unpaired) electrons. The molecule has 2 aliphatic carbocycles.